The molecule has 2 saturated carbocycles. The summed E-state index contributed by atoms with van der Waals surface area (Å²) < 4.78 is 5.08. The van der Waals surface area contributed by atoms with Crippen LogP contribution >= 0.6 is 0 Å². The zero-order chi connectivity index (χ0) is 19.9. The maximum absolute atomic E-state index is 12.7. The van der Waals surface area contributed by atoms with Gasteiger partial charge in [-0.05, 0) is 55.9 Å². The molecule has 2 aliphatic carbocycles. The van der Waals surface area contributed by atoms with Gasteiger partial charge in [-0.3, -0.25) is 14.4 Å². The number of anilines is 1. The number of hydrogen-bond donors (Lipinski definition) is 2. The van der Waals surface area contributed by atoms with Gasteiger partial charge in [0.25, 0.3) is 0 Å². The fourth-order valence-corrected chi connectivity index (χ4v) is 3.56. The Kier molecular flexibility index (Phi) is 6.90. The van der Waals surface area contributed by atoms with E-state index >= 15 is 0 Å². The van der Waals surface area contributed by atoms with Crippen LogP contribution in [0.25, 0.3) is 0 Å². The molecule has 28 heavy (non-hydrogen) atoms. The first-order valence-corrected chi connectivity index (χ1v) is 10.0. The summed E-state index contributed by atoms with van der Waals surface area (Å²) in [6, 6.07) is 6.96. The highest BCUT2D eigenvalue weighted by atomic mass is 16.5. The average Bonchev–Trinajstić information content (AvgIpc) is 3.35. The summed E-state index contributed by atoms with van der Waals surface area (Å²) in [5, 5.41) is 5.35. The van der Waals surface area contributed by atoms with Gasteiger partial charge in [0.1, 0.15) is 5.75 Å². The number of ether oxygens (including phenoxy) is 1. The Morgan fingerprint density at radius 1 is 1.04 bits per heavy atom. The lowest BCUT2D eigenvalue weighted by Crippen LogP contribution is -2.45. The minimum absolute atomic E-state index is 0.0294. The van der Waals surface area contributed by atoms with E-state index in [0.29, 0.717) is 23.9 Å². The Bertz CT molecular complexity index is 694. The van der Waals surface area contributed by atoms with Crippen molar-refractivity contribution in [3.63, 3.8) is 0 Å². The summed E-state index contributed by atoms with van der Waals surface area (Å²) in [6.07, 6.45) is 6.27. The largest absolute Gasteiger partial charge is 0.497 e. The second-order valence-electron chi connectivity index (χ2n) is 7.70. The summed E-state index contributed by atoms with van der Waals surface area (Å²) in [5.41, 5.74) is 0.631. The molecule has 1 aromatic rings. The molecule has 2 aliphatic rings. The Morgan fingerprint density at radius 3 is 2.32 bits per heavy atom. The van der Waals surface area contributed by atoms with Crippen molar-refractivity contribution in [2.45, 2.75) is 38.5 Å². The molecular weight excluding hydrogens is 358 g/mol. The molecule has 3 amide bonds. The van der Waals surface area contributed by atoms with Gasteiger partial charge in [0.05, 0.1) is 20.2 Å². The first kappa shape index (κ1) is 20.2. The molecule has 7 heteroatoms. The third kappa shape index (κ3) is 5.97. The summed E-state index contributed by atoms with van der Waals surface area (Å²) >= 11 is 0. The van der Waals surface area contributed by atoms with Crippen LogP contribution in [0.2, 0.25) is 0 Å². The molecule has 0 saturated heterocycles. The molecule has 7 nitrogen and oxygen atoms in total. The third-order valence-corrected chi connectivity index (χ3v) is 5.35. The smallest absolute Gasteiger partial charge is 0.243 e. The Balaban J connectivity index is 1.45. The topological polar surface area (TPSA) is 87.7 Å². The normalized spacial score (nSPS) is 16.5. The minimum Gasteiger partial charge on any atom is -0.497 e. The zero-order valence-corrected chi connectivity index (χ0v) is 16.4. The van der Waals surface area contributed by atoms with Gasteiger partial charge in [-0.25, -0.2) is 0 Å². The SMILES string of the molecule is COc1ccc(NC(=O)CNC(=O)CN(CC2CC2)C(=O)C2CCCC2)cc1. The highest BCUT2D eigenvalue weighted by Crippen LogP contribution is 2.32. The standard InChI is InChI=1S/C21H29N3O4/c1-28-18-10-8-17(9-11-18)23-19(25)12-22-20(26)14-24(13-15-6-7-15)21(27)16-4-2-3-5-16/h8-11,15-16H,2-7,12-14H2,1H3,(H,22,26)(H,23,25). The van der Waals surface area contributed by atoms with Crippen molar-refractivity contribution in [1.82, 2.24) is 10.2 Å². The summed E-state index contributed by atoms with van der Waals surface area (Å²) in [6.45, 7) is 0.558. The van der Waals surface area contributed by atoms with Crippen LogP contribution in [0, 0.1) is 11.8 Å². The van der Waals surface area contributed by atoms with Gasteiger partial charge >= 0.3 is 0 Å². The quantitative estimate of drug-likeness (QED) is 0.680. The molecule has 2 fully saturated rings. The van der Waals surface area contributed by atoms with Crippen LogP contribution in [0.4, 0.5) is 5.69 Å². The van der Waals surface area contributed by atoms with Gasteiger partial charge in [-0.1, -0.05) is 12.8 Å². The summed E-state index contributed by atoms with van der Waals surface area (Å²) in [7, 11) is 1.58. The van der Waals surface area contributed by atoms with E-state index in [1.807, 2.05) is 0 Å². The Morgan fingerprint density at radius 2 is 1.71 bits per heavy atom. The number of benzene rings is 1. The molecule has 0 aliphatic heterocycles. The van der Waals surface area contributed by atoms with Crippen molar-refractivity contribution >= 4 is 23.4 Å². The van der Waals surface area contributed by atoms with Crippen LogP contribution in [-0.2, 0) is 14.4 Å². The van der Waals surface area contributed by atoms with Gasteiger partial charge < -0.3 is 20.3 Å². The molecule has 0 unspecified atom stereocenters. The number of nitrogens with one attached hydrogen (secondary N) is 2. The molecule has 152 valence electrons. The predicted octanol–water partition coefficient (Wildman–Crippen LogP) is 2.18. The van der Waals surface area contributed by atoms with E-state index in [0.717, 1.165) is 38.5 Å². The zero-order valence-electron chi connectivity index (χ0n) is 16.4. The lowest BCUT2D eigenvalue weighted by molar-refractivity contribution is -0.139. The first-order valence-electron chi connectivity index (χ1n) is 10.0. The molecule has 1 aromatic carbocycles. The van der Waals surface area contributed by atoms with Crippen molar-refractivity contribution in [2.24, 2.45) is 11.8 Å². The summed E-state index contributed by atoms with van der Waals surface area (Å²) in [5.74, 6) is 0.781. The monoisotopic (exact) mass is 387 g/mol. The first-order chi connectivity index (χ1) is 13.5. The summed E-state index contributed by atoms with van der Waals surface area (Å²) in [4.78, 5) is 38.8. The van der Waals surface area contributed by atoms with Crippen molar-refractivity contribution in [3.8, 4) is 5.75 Å². The van der Waals surface area contributed by atoms with Gasteiger partial charge in [0, 0.05) is 18.2 Å². The second-order valence-corrected chi connectivity index (χ2v) is 7.70. The van der Waals surface area contributed by atoms with Crippen LogP contribution in [-0.4, -0.2) is 49.4 Å². The average molecular weight is 387 g/mol. The van der Waals surface area contributed by atoms with Crippen LogP contribution in [0.1, 0.15) is 38.5 Å². The number of carbonyl (C=O) groups excluding carboxylic acids is 3. The number of carbonyl (C=O) groups is 3. The number of rotatable bonds is 9. The van der Waals surface area contributed by atoms with Crippen LogP contribution in [0.5, 0.6) is 5.75 Å². The Labute approximate surface area is 165 Å². The molecule has 0 radical (unpaired) electrons. The number of methoxy groups -OCH3 is 1. The fraction of sp³-hybridized carbons (Fsp3) is 0.571. The Hall–Kier alpha value is -2.57. The van der Waals surface area contributed by atoms with E-state index in [-0.39, 0.29) is 36.7 Å². The number of nitrogens with zero attached hydrogens (tertiary/aromatic N) is 1. The maximum Gasteiger partial charge on any atom is 0.243 e. The van der Waals surface area contributed by atoms with Gasteiger partial charge in [-0.2, -0.15) is 0 Å². The van der Waals surface area contributed by atoms with Crippen LogP contribution in [0.3, 0.4) is 0 Å². The van der Waals surface area contributed by atoms with Crippen LogP contribution < -0.4 is 15.4 Å². The van der Waals surface area contributed by atoms with E-state index in [2.05, 4.69) is 10.6 Å². The minimum atomic E-state index is -0.311. The molecule has 3 rings (SSSR count). The molecule has 0 aromatic heterocycles. The van der Waals surface area contributed by atoms with Crippen molar-refractivity contribution in [2.75, 3.05) is 32.1 Å². The van der Waals surface area contributed by atoms with E-state index in [4.69, 9.17) is 4.74 Å². The van der Waals surface area contributed by atoms with Crippen LogP contribution in [0.15, 0.2) is 24.3 Å². The third-order valence-electron chi connectivity index (χ3n) is 5.35. The molecule has 2 N–H and O–H groups in total. The van der Waals surface area contributed by atoms with E-state index in [1.54, 1.807) is 36.3 Å². The predicted molar refractivity (Wildman–Crippen MR) is 106 cm³/mol. The van der Waals surface area contributed by atoms with Gasteiger partial charge in [-0.15, -0.1) is 0 Å². The van der Waals surface area contributed by atoms with Gasteiger partial charge in [0.2, 0.25) is 17.7 Å². The number of hydrogen-bond acceptors (Lipinski definition) is 4. The molecule has 0 spiro atoms. The van der Waals surface area contributed by atoms with E-state index < -0.39 is 0 Å². The molecule has 0 atom stereocenters. The lowest BCUT2D eigenvalue weighted by atomic mass is 10.1. The molecule has 0 heterocycles. The maximum atomic E-state index is 12.7. The van der Waals surface area contributed by atoms with E-state index in [1.165, 1.54) is 0 Å². The molecular formula is C21H29N3O4. The van der Waals surface area contributed by atoms with Crippen molar-refractivity contribution in [1.29, 1.82) is 0 Å². The van der Waals surface area contributed by atoms with Crippen molar-refractivity contribution < 1.29 is 19.1 Å². The number of amides is 3. The van der Waals surface area contributed by atoms with E-state index in [9.17, 15) is 14.4 Å². The van der Waals surface area contributed by atoms with Crippen molar-refractivity contribution in [3.05, 3.63) is 24.3 Å². The fourth-order valence-electron chi connectivity index (χ4n) is 3.56. The second kappa shape index (κ2) is 9.57. The van der Waals surface area contributed by atoms with Gasteiger partial charge in [0.15, 0.2) is 0 Å². The highest BCUT2D eigenvalue weighted by molar-refractivity contribution is 5.95. The highest BCUT2D eigenvalue weighted by Gasteiger charge is 2.32. The molecule has 0 bridgehead atoms. The lowest BCUT2D eigenvalue weighted by Gasteiger charge is -2.25.